The van der Waals surface area contributed by atoms with Crippen LogP contribution in [-0.2, 0) is 4.74 Å². The first kappa shape index (κ1) is 19.9. The molecule has 2 saturated heterocycles. The smallest absolute Gasteiger partial charge is 0.0610 e. The molecule has 5 fully saturated rings. The lowest BCUT2D eigenvalue weighted by Crippen LogP contribution is -2.48. The first-order valence-corrected chi connectivity index (χ1v) is 13.2. The molecule has 28 heavy (non-hydrogen) atoms. The van der Waals surface area contributed by atoms with Gasteiger partial charge in [0.2, 0.25) is 0 Å². The fourth-order valence-electron chi connectivity index (χ4n) is 8.21. The van der Waals surface area contributed by atoms with Crippen molar-refractivity contribution in [3.05, 3.63) is 0 Å². The minimum Gasteiger partial charge on any atom is -0.374 e. The van der Waals surface area contributed by atoms with Crippen molar-refractivity contribution in [1.82, 2.24) is 4.90 Å². The molecule has 0 aromatic heterocycles. The standard InChI is InChI=1S/C26H45NO/c1-27-23-15-9-8-14-21(23)16-24(27)22-17-25(19-10-4-2-5-11-19)28-26(18-22)20-12-6-3-7-13-20/h19-26H,2-18H2,1H3. The Labute approximate surface area is 174 Å². The molecule has 5 atom stereocenters. The average Bonchev–Trinajstić information content (AvgIpc) is 3.11. The fraction of sp³-hybridized carbons (Fsp3) is 1.00. The highest BCUT2D eigenvalue weighted by molar-refractivity contribution is 5.00. The third-order valence-corrected chi connectivity index (χ3v) is 9.77. The fourth-order valence-corrected chi connectivity index (χ4v) is 8.21. The van der Waals surface area contributed by atoms with Crippen molar-refractivity contribution < 1.29 is 4.74 Å². The quantitative estimate of drug-likeness (QED) is 0.543. The van der Waals surface area contributed by atoms with Gasteiger partial charge >= 0.3 is 0 Å². The summed E-state index contributed by atoms with van der Waals surface area (Å²) in [4.78, 5) is 2.87. The number of fused-ring (bicyclic) bond motifs is 1. The number of rotatable bonds is 3. The highest BCUT2D eigenvalue weighted by Gasteiger charge is 2.47. The van der Waals surface area contributed by atoms with Crippen LogP contribution in [0.5, 0.6) is 0 Å². The summed E-state index contributed by atoms with van der Waals surface area (Å²) in [5, 5.41) is 0. The minimum atomic E-state index is 0.585. The van der Waals surface area contributed by atoms with Crippen LogP contribution in [0, 0.1) is 23.7 Å². The van der Waals surface area contributed by atoms with Gasteiger partial charge in [0, 0.05) is 12.1 Å². The summed E-state index contributed by atoms with van der Waals surface area (Å²) >= 11 is 0. The van der Waals surface area contributed by atoms with Crippen molar-refractivity contribution in [2.24, 2.45) is 23.7 Å². The average molecular weight is 388 g/mol. The molecule has 160 valence electrons. The normalized spacial score (nSPS) is 44.5. The second-order valence-corrected chi connectivity index (χ2v) is 11.3. The Hall–Kier alpha value is -0.0800. The van der Waals surface area contributed by atoms with Gasteiger partial charge in [-0.1, -0.05) is 51.4 Å². The van der Waals surface area contributed by atoms with Crippen molar-refractivity contribution >= 4 is 0 Å². The van der Waals surface area contributed by atoms with Gasteiger partial charge in [-0.2, -0.15) is 0 Å². The van der Waals surface area contributed by atoms with E-state index in [1.165, 1.54) is 109 Å². The summed E-state index contributed by atoms with van der Waals surface area (Å²) in [6.07, 6.45) is 25.9. The summed E-state index contributed by atoms with van der Waals surface area (Å²) in [5.74, 6) is 3.66. The summed E-state index contributed by atoms with van der Waals surface area (Å²) in [6.45, 7) is 0. The van der Waals surface area contributed by atoms with Gasteiger partial charge in [-0.25, -0.2) is 0 Å². The molecule has 0 N–H and O–H groups in total. The highest BCUT2D eigenvalue weighted by Crippen LogP contribution is 2.47. The van der Waals surface area contributed by atoms with Crippen LogP contribution in [0.15, 0.2) is 0 Å². The maximum atomic E-state index is 6.99. The lowest BCUT2D eigenvalue weighted by molar-refractivity contribution is -0.136. The molecule has 0 aromatic rings. The lowest BCUT2D eigenvalue weighted by Gasteiger charge is -2.46. The van der Waals surface area contributed by atoms with Gasteiger partial charge in [0.25, 0.3) is 0 Å². The first-order chi connectivity index (χ1) is 13.8. The van der Waals surface area contributed by atoms with Crippen molar-refractivity contribution in [2.75, 3.05) is 7.05 Å². The van der Waals surface area contributed by atoms with Crippen molar-refractivity contribution in [2.45, 2.75) is 133 Å². The van der Waals surface area contributed by atoms with E-state index in [-0.39, 0.29) is 0 Å². The van der Waals surface area contributed by atoms with Crippen LogP contribution in [0.25, 0.3) is 0 Å². The summed E-state index contributed by atoms with van der Waals surface area (Å²) in [5.41, 5.74) is 0. The summed E-state index contributed by atoms with van der Waals surface area (Å²) in [6, 6.07) is 1.76. The molecule has 2 heterocycles. The van der Waals surface area contributed by atoms with E-state index < -0.39 is 0 Å². The van der Waals surface area contributed by atoms with Gasteiger partial charge in [0.15, 0.2) is 0 Å². The van der Waals surface area contributed by atoms with Crippen LogP contribution in [0.1, 0.15) is 109 Å². The van der Waals surface area contributed by atoms with Gasteiger partial charge in [-0.05, 0) is 88.5 Å². The summed E-state index contributed by atoms with van der Waals surface area (Å²) in [7, 11) is 2.49. The third-order valence-electron chi connectivity index (χ3n) is 9.77. The van der Waals surface area contributed by atoms with Crippen molar-refractivity contribution in [3.8, 4) is 0 Å². The predicted octanol–water partition coefficient (Wildman–Crippen LogP) is 6.57. The van der Waals surface area contributed by atoms with Crippen LogP contribution in [0.3, 0.4) is 0 Å². The Morgan fingerprint density at radius 1 is 0.500 bits per heavy atom. The summed E-state index contributed by atoms with van der Waals surface area (Å²) < 4.78 is 6.99. The second-order valence-electron chi connectivity index (χ2n) is 11.3. The number of hydrogen-bond acceptors (Lipinski definition) is 2. The van der Waals surface area contributed by atoms with Crippen molar-refractivity contribution in [1.29, 1.82) is 0 Å². The topological polar surface area (TPSA) is 12.5 Å². The third kappa shape index (κ3) is 4.07. The lowest BCUT2D eigenvalue weighted by atomic mass is 9.73. The van der Waals surface area contributed by atoms with Gasteiger partial charge in [-0.3, -0.25) is 4.90 Å². The zero-order valence-corrected chi connectivity index (χ0v) is 18.5. The maximum Gasteiger partial charge on any atom is 0.0610 e. The van der Waals surface area contributed by atoms with Crippen LogP contribution >= 0.6 is 0 Å². The molecule has 0 bridgehead atoms. The van der Waals surface area contributed by atoms with Crippen LogP contribution in [-0.4, -0.2) is 36.2 Å². The van der Waals surface area contributed by atoms with Gasteiger partial charge in [0.1, 0.15) is 0 Å². The Morgan fingerprint density at radius 3 is 1.57 bits per heavy atom. The number of nitrogens with zero attached hydrogens (tertiary/aromatic N) is 1. The van der Waals surface area contributed by atoms with E-state index in [9.17, 15) is 0 Å². The first-order valence-electron chi connectivity index (χ1n) is 13.2. The van der Waals surface area contributed by atoms with E-state index in [1.54, 1.807) is 0 Å². The maximum absolute atomic E-state index is 6.99. The second kappa shape index (κ2) is 8.96. The molecular formula is C26H45NO. The SMILES string of the molecule is CN1C2CCCCC2CC1C1CC(C2CCCCC2)OC(C2CCCCC2)C1. The van der Waals surface area contributed by atoms with E-state index in [4.69, 9.17) is 4.74 Å². The van der Waals surface area contributed by atoms with Crippen LogP contribution in [0.4, 0.5) is 0 Å². The van der Waals surface area contributed by atoms with Gasteiger partial charge < -0.3 is 4.74 Å². The molecule has 5 unspecified atom stereocenters. The molecule has 0 aromatic carbocycles. The molecule has 2 aliphatic heterocycles. The molecule has 0 spiro atoms. The van der Waals surface area contributed by atoms with Crippen molar-refractivity contribution in [3.63, 3.8) is 0 Å². The Kier molecular flexibility index (Phi) is 6.36. The van der Waals surface area contributed by atoms with Crippen LogP contribution < -0.4 is 0 Å². The molecular weight excluding hydrogens is 342 g/mol. The Morgan fingerprint density at radius 2 is 1.00 bits per heavy atom. The zero-order chi connectivity index (χ0) is 18.9. The van der Waals surface area contributed by atoms with E-state index in [0.29, 0.717) is 12.2 Å². The molecule has 5 aliphatic rings. The monoisotopic (exact) mass is 387 g/mol. The zero-order valence-electron chi connectivity index (χ0n) is 18.5. The van der Waals surface area contributed by atoms with E-state index in [0.717, 1.165) is 35.8 Å². The Balaban J connectivity index is 1.32. The molecule has 5 rings (SSSR count). The molecule has 2 heteroatoms. The molecule has 0 radical (unpaired) electrons. The van der Waals surface area contributed by atoms with E-state index >= 15 is 0 Å². The number of hydrogen-bond donors (Lipinski definition) is 0. The molecule has 3 aliphatic carbocycles. The van der Waals surface area contributed by atoms with E-state index in [2.05, 4.69) is 11.9 Å². The molecule has 2 nitrogen and oxygen atoms in total. The van der Waals surface area contributed by atoms with Gasteiger partial charge in [0.05, 0.1) is 12.2 Å². The molecule has 3 saturated carbocycles. The predicted molar refractivity (Wildman–Crippen MR) is 116 cm³/mol. The highest BCUT2D eigenvalue weighted by atomic mass is 16.5. The minimum absolute atomic E-state index is 0.585. The van der Waals surface area contributed by atoms with Gasteiger partial charge in [-0.15, -0.1) is 0 Å². The number of likely N-dealkylation sites (tertiary alicyclic amines) is 1. The molecule has 0 amide bonds. The van der Waals surface area contributed by atoms with E-state index in [1.807, 2.05) is 0 Å². The van der Waals surface area contributed by atoms with Crippen LogP contribution in [0.2, 0.25) is 0 Å². The number of ether oxygens (including phenoxy) is 1. The Bertz CT molecular complexity index is 469. The largest absolute Gasteiger partial charge is 0.374 e.